The molecule has 1 aromatic rings. The summed E-state index contributed by atoms with van der Waals surface area (Å²) in [6.07, 6.45) is 2.44. The fourth-order valence-electron chi connectivity index (χ4n) is 4.31. The summed E-state index contributed by atoms with van der Waals surface area (Å²) in [6.45, 7) is 1.05. The summed E-state index contributed by atoms with van der Waals surface area (Å²) in [6, 6.07) is 9.22. The largest absolute Gasteiger partial charge is 0.483 e. The standard InChI is InChI=1S/C18H22N2O4.CH2O2/c1-12(21)19-11-16(22)20-14-7-8-15(20)18(10-14,17(23)24)9-13-5-3-2-4-6-13;2-1-3/h2-6,14-15H,7-11H2,1H3,(H,19,21)(H,23,24);1H,(H,2,3)/t14-,15+,18+;/m0./s1. The topological polar surface area (TPSA) is 124 Å². The second-order valence-electron chi connectivity index (χ2n) is 6.89. The molecule has 2 fully saturated rings. The van der Waals surface area contributed by atoms with Crippen LogP contribution in [-0.2, 0) is 25.6 Å². The molecule has 0 aliphatic carbocycles. The molecule has 27 heavy (non-hydrogen) atoms. The Bertz CT molecular complexity index is 707. The van der Waals surface area contributed by atoms with E-state index in [2.05, 4.69) is 5.32 Å². The maximum Gasteiger partial charge on any atom is 0.312 e. The van der Waals surface area contributed by atoms with Gasteiger partial charge in [-0.1, -0.05) is 30.3 Å². The molecule has 2 aliphatic rings. The molecule has 0 radical (unpaired) electrons. The van der Waals surface area contributed by atoms with Crippen LogP contribution in [0.15, 0.2) is 30.3 Å². The highest BCUT2D eigenvalue weighted by Crippen LogP contribution is 2.51. The Balaban J connectivity index is 0.000000817. The molecule has 2 bridgehead atoms. The van der Waals surface area contributed by atoms with Crippen molar-refractivity contribution in [2.24, 2.45) is 5.41 Å². The third-order valence-electron chi connectivity index (χ3n) is 5.31. The lowest BCUT2D eigenvalue weighted by Gasteiger charge is -2.33. The lowest BCUT2D eigenvalue weighted by atomic mass is 9.70. The van der Waals surface area contributed by atoms with Crippen LogP contribution in [0.2, 0.25) is 0 Å². The summed E-state index contributed by atoms with van der Waals surface area (Å²) in [5.74, 6) is -1.28. The molecule has 2 heterocycles. The molecule has 3 atom stereocenters. The Morgan fingerprint density at radius 3 is 2.44 bits per heavy atom. The number of carbonyl (C=O) groups excluding carboxylic acids is 2. The second kappa shape index (κ2) is 8.66. The van der Waals surface area contributed by atoms with E-state index in [4.69, 9.17) is 9.90 Å². The highest BCUT2D eigenvalue weighted by molar-refractivity contribution is 5.86. The van der Waals surface area contributed by atoms with E-state index < -0.39 is 11.4 Å². The number of amides is 2. The summed E-state index contributed by atoms with van der Waals surface area (Å²) in [4.78, 5) is 45.8. The van der Waals surface area contributed by atoms with Crippen molar-refractivity contribution < 1.29 is 29.4 Å². The van der Waals surface area contributed by atoms with E-state index in [1.807, 2.05) is 30.3 Å². The van der Waals surface area contributed by atoms with Gasteiger partial charge in [-0.05, 0) is 31.2 Å². The summed E-state index contributed by atoms with van der Waals surface area (Å²) >= 11 is 0. The molecule has 8 heteroatoms. The van der Waals surface area contributed by atoms with Crippen LogP contribution in [-0.4, -0.2) is 58.0 Å². The molecule has 3 rings (SSSR count). The number of carboxylic acid groups (broad SMARTS) is 2. The number of aliphatic carboxylic acids is 1. The first-order valence-electron chi connectivity index (χ1n) is 8.76. The zero-order valence-corrected chi connectivity index (χ0v) is 15.1. The van der Waals surface area contributed by atoms with Crippen molar-refractivity contribution in [1.82, 2.24) is 10.2 Å². The maximum absolute atomic E-state index is 12.5. The number of hydrogen-bond donors (Lipinski definition) is 3. The van der Waals surface area contributed by atoms with Gasteiger partial charge in [0, 0.05) is 19.0 Å². The third-order valence-corrected chi connectivity index (χ3v) is 5.31. The van der Waals surface area contributed by atoms with E-state index in [1.54, 1.807) is 4.90 Å². The predicted molar refractivity (Wildman–Crippen MR) is 95.9 cm³/mol. The van der Waals surface area contributed by atoms with Crippen molar-refractivity contribution in [1.29, 1.82) is 0 Å². The van der Waals surface area contributed by atoms with Gasteiger partial charge in [-0.2, -0.15) is 0 Å². The third kappa shape index (κ3) is 4.27. The molecule has 146 valence electrons. The SMILES string of the molecule is CC(=O)NCC(=O)N1[C@H]2CC[C@@H]1[C@](Cc1ccccc1)(C(=O)O)C2.O=CO. The van der Waals surface area contributed by atoms with E-state index in [-0.39, 0.29) is 36.9 Å². The molecule has 2 saturated heterocycles. The van der Waals surface area contributed by atoms with Gasteiger partial charge in [0.2, 0.25) is 11.8 Å². The molecular weight excluding hydrogens is 352 g/mol. The molecule has 0 spiro atoms. The smallest absolute Gasteiger partial charge is 0.312 e. The van der Waals surface area contributed by atoms with E-state index in [0.29, 0.717) is 19.3 Å². The van der Waals surface area contributed by atoms with Gasteiger partial charge in [0.15, 0.2) is 0 Å². The molecule has 0 unspecified atom stereocenters. The fraction of sp³-hybridized carbons (Fsp3) is 0.474. The van der Waals surface area contributed by atoms with E-state index in [9.17, 15) is 19.5 Å². The molecule has 0 saturated carbocycles. The minimum absolute atomic E-state index is 0.0453. The van der Waals surface area contributed by atoms with E-state index in [0.717, 1.165) is 12.0 Å². The van der Waals surface area contributed by atoms with Gasteiger partial charge in [0.05, 0.1) is 12.0 Å². The number of rotatable bonds is 5. The van der Waals surface area contributed by atoms with E-state index in [1.165, 1.54) is 6.92 Å². The normalized spacial score (nSPS) is 25.3. The van der Waals surface area contributed by atoms with Gasteiger partial charge in [0.25, 0.3) is 6.47 Å². The molecule has 3 N–H and O–H groups in total. The number of nitrogens with zero attached hydrogens (tertiary/aromatic N) is 1. The van der Waals surface area contributed by atoms with Gasteiger partial charge >= 0.3 is 5.97 Å². The number of nitrogens with one attached hydrogen (secondary N) is 1. The summed E-state index contributed by atoms with van der Waals surface area (Å²) in [5.41, 5.74) is 0.0394. The highest BCUT2D eigenvalue weighted by atomic mass is 16.4. The first-order chi connectivity index (χ1) is 12.9. The molecular formula is C19H24N2O6. The summed E-state index contributed by atoms with van der Waals surface area (Å²) < 4.78 is 0. The summed E-state index contributed by atoms with van der Waals surface area (Å²) in [7, 11) is 0. The monoisotopic (exact) mass is 376 g/mol. The van der Waals surface area contributed by atoms with Crippen LogP contribution >= 0.6 is 0 Å². The van der Waals surface area contributed by atoms with Gasteiger partial charge in [0.1, 0.15) is 0 Å². The number of carbonyl (C=O) groups is 4. The highest BCUT2D eigenvalue weighted by Gasteiger charge is 2.61. The predicted octanol–water partition coefficient (Wildman–Crippen LogP) is 0.900. The molecule has 0 aromatic heterocycles. The quantitative estimate of drug-likeness (QED) is 0.656. The maximum atomic E-state index is 12.5. The van der Waals surface area contributed by atoms with Gasteiger partial charge in [-0.15, -0.1) is 0 Å². The zero-order chi connectivity index (χ0) is 20.0. The van der Waals surface area contributed by atoms with Crippen LogP contribution in [0.4, 0.5) is 0 Å². The summed E-state index contributed by atoms with van der Waals surface area (Å²) in [5, 5.41) is 19.4. The van der Waals surface area contributed by atoms with Crippen molar-refractivity contribution in [2.75, 3.05) is 6.54 Å². The lowest BCUT2D eigenvalue weighted by molar-refractivity contribution is -0.151. The fourth-order valence-corrected chi connectivity index (χ4v) is 4.31. The Labute approximate surface area is 157 Å². The second-order valence-corrected chi connectivity index (χ2v) is 6.89. The van der Waals surface area contributed by atoms with Crippen LogP contribution in [0, 0.1) is 5.41 Å². The molecule has 2 amide bonds. The molecule has 8 nitrogen and oxygen atoms in total. The lowest BCUT2D eigenvalue weighted by Crippen LogP contribution is -2.48. The Hall–Kier alpha value is -2.90. The molecule has 1 aromatic carbocycles. The van der Waals surface area contributed by atoms with Crippen LogP contribution < -0.4 is 5.32 Å². The number of hydrogen-bond acceptors (Lipinski definition) is 4. The van der Waals surface area contributed by atoms with Crippen molar-refractivity contribution >= 4 is 24.3 Å². The average Bonchev–Trinajstić information content (AvgIpc) is 3.17. The minimum Gasteiger partial charge on any atom is -0.483 e. The number of fused-ring (bicyclic) bond motifs is 2. The first kappa shape index (κ1) is 20.4. The van der Waals surface area contributed by atoms with Crippen LogP contribution in [0.5, 0.6) is 0 Å². The van der Waals surface area contributed by atoms with Crippen molar-refractivity contribution in [3.8, 4) is 0 Å². The van der Waals surface area contributed by atoms with Crippen LogP contribution in [0.1, 0.15) is 31.7 Å². The van der Waals surface area contributed by atoms with Crippen molar-refractivity contribution in [2.45, 2.75) is 44.7 Å². The zero-order valence-electron chi connectivity index (χ0n) is 15.1. The van der Waals surface area contributed by atoms with Crippen LogP contribution in [0.25, 0.3) is 0 Å². The molecule has 2 aliphatic heterocycles. The van der Waals surface area contributed by atoms with Crippen LogP contribution in [0.3, 0.4) is 0 Å². The Kier molecular flexibility index (Phi) is 6.55. The van der Waals surface area contributed by atoms with Gasteiger partial charge in [-0.3, -0.25) is 19.2 Å². The number of carboxylic acids is 1. The Morgan fingerprint density at radius 2 is 1.89 bits per heavy atom. The first-order valence-corrected chi connectivity index (χ1v) is 8.76. The van der Waals surface area contributed by atoms with E-state index >= 15 is 0 Å². The van der Waals surface area contributed by atoms with Gasteiger partial charge < -0.3 is 20.4 Å². The average molecular weight is 376 g/mol. The van der Waals surface area contributed by atoms with Gasteiger partial charge in [-0.25, -0.2) is 0 Å². The number of benzene rings is 1. The minimum atomic E-state index is -0.934. The van der Waals surface area contributed by atoms with Crippen molar-refractivity contribution in [3.63, 3.8) is 0 Å². The van der Waals surface area contributed by atoms with Crippen molar-refractivity contribution in [3.05, 3.63) is 35.9 Å². The Morgan fingerprint density at radius 1 is 1.26 bits per heavy atom.